The molecule has 0 radical (unpaired) electrons. The van der Waals surface area contributed by atoms with E-state index in [0.29, 0.717) is 15.8 Å². The van der Waals surface area contributed by atoms with Crippen molar-refractivity contribution in [3.05, 3.63) is 98.6 Å². The number of hydrogen-bond acceptors (Lipinski definition) is 4. The lowest BCUT2D eigenvalue weighted by Gasteiger charge is -2.07. The van der Waals surface area contributed by atoms with E-state index in [2.05, 4.69) is 10.3 Å². The largest absolute Gasteiger partial charge is 0.346 e. The number of halogens is 2. The number of carbonyl (C=O) groups is 1. The number of amides is 1. The first-order valence-electron chi connectivity index (χ1n) is 8.45. The normalized spacial score (nSPS) is 10.4. The SMILES string of the molecule is Cl.O=C(NCc1cn(-c2ccc(-n3ccccc3=O)cc2)cn1)c1ccc(Cl)s1. The lowest BCUT2D eigenvalue weighted by atomic mass is 10.2. The molecule has 0 saturated heterocycles. The van der Waals surface area contributed by atoms with E-state index in [1.165, 1.54) is 17.4 Å². The molecule has 0 aliphatic heterocycles. The Morgan fingerprint density at radius 1 is 1.07 bits per heavy atom. The molecule has 4 aromatic rings. The van der Waals surface area contributed by atoms with Crippen LogP contribution in [-0.2, 0) is 6.54 Å². The Balaban J connectivity index is 0.00000240. The van der Waals surface area contributed by atoms with Crippen LogP contribution in [-0.4, -0.2) is 20.0 Å². The quantitative estimate of drug-likeness (QED) is 0.501. The number of aromatic nitrogens is 3. The number of nitrogens with zero attached hydrogens (tertiary/aromatic N) is 3. The number of imidazole rings is 1. The molecule has 9 heteroatoms. The van der Waals surface area contributed by atoms with Crippen LogP contribution in [0.4, 0.5) is 0 Å². The van der Waals surface area contributed by atoms with E-state index in [9.17, 15) is 9.59 Å². The van der Waals surface area contributed by atoms with Gasteiger partial charge in [-0.25, -0.2) is 4.98 Å². The van der Waals surface area contributed by atoms with Crippen LogP contribution < -0.4 is 10.9 Å². The molecule has 148 valence electrons. The van der Waals surface area contributed by atoms with Gasteiger partial charge in [0.2, 0.25) is 0 Å². The standard InChI is InChI=1S/C20H15ClN4O2S.ClH/c21-18-9-8-17(28-18)20(27)22-11-14-12-24(13-23-14)15-4-6-16(7-5-15)25-10-2-1-3-19(25)26;/h1-10,12-13H,11H2,(H,22,27);1H. The lowest BCUT2D eigenvalue weighted by molar-refractivity contribution is 0.0954. The fourth-order valence-electron chi connectivity index (χ4n) is 2.72. The zero-order chi connectivity index (χ0) is 19.5. The van der Waals surface area contributed by atoms with E-state index < -0.39 is 0 Å². The Kier molecular flexibility index (Phi) is 6.53. The average molecular weight is 447 g/mol. The third-order valence-electron chi connectivity index (χ3n) is 4.11. The Morgan fingerprint density at radius 3 is 2.52 bits per heavy atom. The van der Waals surface area contributed by atoms with Gasteiger partial charge in [0.05, 0.1) is 27.8 Å². The summed E-state index contributed by atoms with van der Waals surface area (Å²) in [6.45, 7) is 0.318. The molecule has 0 saturated carbocycles. The average Bonchev–Trinajstić information content (AvgIpc) is 3.36. The van der Waals surface area contributed by atoms with Crippen molar-refractivity contribution in [3.8, 4) is 11.4 Å². The van der Waals surface area contributed by atoms with Crippen LogP contribution in [0.1, 0.15) is 15.4 Å². The summed E-state index contributed by atoms with van der Waals surface area (Å²) >= 11 is 7.09. The summed E-state index contributed by atoms with van der Waals surface area (Å²) < 4.78 is 4.02. The molecule has 0 spiro atoms. The highest BCUT2D eigenvalue weighted by Gasteiger charge is 2.09. The predicted molar refractivity (Wildman–Crippen MR) is 117 cm³/mol. The van der Waals surface area contributed by atoms with E-state index in [4.69, 9.17) is 11.6 Å². The smallest absolute Gasteiger partial charge is 0.261 e. The molecule has 1 N–H and O–H groups in total. The zero-order valence-corrected chi connectivity index (χ0v) is 17.4. The van der Waals surface area contributed by atoms with Gasteiger partial charge in [-0.2, -0.15) is 0 Å². The summed E-state index contributed by atoms with van der Waals surface area (Å²) in [5.41, 5.74) is 2.35. The molecule has 0 bridgehead atoms. The van der Waals surface area contributed by atoms with Crippen LogP contribution >= 0.6 is 35.3 Å². The van der Waals surface area contributed by atoms with Gasteiger partial charge in [-0.1, -0.05) is 17.7 Å². The molecule has 0 aliphatic carbocycles. The number of carbonyl (C=O) groups excluding carboxylic acids is 1. The number of thiophene rings is 1. The molecule has 1 amide bonds. The maximum Gasteiger partial charge on any atom is 0.261 e. The molecule has 1 aromatic carbocycles. The van der Waals surface area contributed by atoms with Gasteiger partial charge in [0, 0.05) is 29.8 Å². The summed E-state index contributed by atoms with van der Waals surface area (Å²) in [4.78, 5) is 28.9. The molecule has 3 aromatic heterocycles. The topological polar surface area (TPSA) is 68.9 Å². The Labute approximate surface area is 181 Å². The number of rotatable bonds is 5. The molecule has 0 fully saturated rings. The van der Waals surface area contributed by atoms with E-state index in [1.807, 2.05) is 41.1 Å². The Bertz CT molecular complexity index is 1180. The van der Waals surface area contributed by atoms with Crippen LogP contribution in [0.2, 0.25) is 4.34 Å². The van der Waals surface area contributed by atoms with E-state index in [-0.39, 0.29) is 23.9 Å². The third kappa shape index (κ3) is 4.76. The second-order valence-corrected chi connectivity index (χ2v) is 7.70. The molecule has 6 nitrogen and oxygen atoms in total. The van der Waals surface area contributed by atoms with Gasteiger partial charge in [-0.3, -0.25) is 14.2 Å². The van der Waals surface area contributed by atoms with Crippen molar-refractivity contribution in [1.82, 2.24) is 19.4 Å². The highest BCUT2D eigenvalue weighted by Crippen LogP contribution is 2.21. The minimum Gasteiger partial charge on any atom is -0.346 e. The van der Waals surface area contributed by atoms with Crippen LogP contribution in [0.3, 0.4) is 0 Å². The fraction of sp³-hybridized carbons (Fsp3) is 0.0500. The van der Waals surface area contributed by atoms with Crippen LogP contribution in [0.25, 0.3) is 11.4 Å². The Hall–Kier alpha value is -2.87. The maximum absolute atomic E-state index is 12.1. The van der Waals surface area contributed by atoms with Crippen molar-refractivity contribution in [2.45, 2.75) is 6.54 Å². The summed E-state index contributed by atoms with van der Waals surface area (Å²) in [7, 11) is 0. The molecular formula is C20H16Cl2N4O2S. The molecule has 0 atom stereocenters. The molecule has 4 rings (SSSR count). The van der Waals surface area contributed by atoms with Gasteiger partial charge in [-0.05, 0) is 42.5 Å². The lowest BCUT2D eigenvalue weighted by Crippen LogP contribution is -2.21. The first-order valence-corrected chi connectivity index (χ1v) is 9.64. The molecular weight excluding hydrogens is 431 g/mol. The van der Waals surface area contributed by atoms with Crippen LogP contribution in [0, 0.1) is 0 Å². The van der Waals surface area contributed by atoms with E-state index >= 15 is 0 Å². The number of hydrogen-bond donors (Lipinski definition) is 1. The summed E-state index contributed by atoms with van der Waals surface area (Å²) in [6, 6.07) is 16.0. The molecule has 0 aliphatic rings. The summed E-state index contributed by atoms with van der Waals surface area (Å²) in [5.74, 6) is -0.177. The van der Waals surface area contributed by atoms with Gasteiger partial charge >= 0.3 is 0 Å². The third-order valence-corrected chi connectivity index (χ3v) is 5.34. The molecule has 0 unspecified atom stereocenters. The van der Waals surface area contributed by atoms with Crippen molar-refractivity contribution in [2.75, 3.05) is 0 Å². The van der Waals surface area contributed by atoms with Crippen LogP contribution in [0.15, 0.2) is 78.1 Å². The van der Waals surface area contributed by atoms with E-state index in [1.54, 1.807) is 35.3 Å². The van der Waals surface area contributed by atoms with Crippen molar-refractivity contribution >= 4 is 41.3 Å². The van der Waals surface area contributed by atoms with Gasteiger partial charge < -0.3 is 9.88 Å². The highest BCUT2D eigenvalue weighted by atomic mass is 35.5. The molecule has 29 heavy (non-hydrogen) atoms. The Morgan fingerprint density at radius 2 is 1.83 bits per heavy atom. The van der Waals surface area contributed by atoms with Gasteiger partial charge in [0.1, 0.15) is 0 Å². The van der Waals surface area contributed by atoms with Crippen molar-refractivity contribution in [3.63, 3.8) is 0 Å². The van der Waals surface area contributed by atoms with Crippen molar-refractivity contribution in [1.29, 1.82) is 0 Å². The number of pyridine rings is 1. The first-order chi connectivity index (χ1) is 13.6. The zero-order valence-electron chi connectivity index (χ0n) is 15.0. The second kappa shape index (κ2) is 9.09. The predicted octanol–water partition coefficient (Wildman–Crippen LogP) is 4.09. The maximum atomic E-state index is 12.1. The fourth-order valence-corrected chi connectivity index (χ4v) is 3.68. The second-order valence-electron chi connectivity index (χ2n) is 5.98. The molecule has 3 heterocycles. The first kappa shape index (κ1) is 20.9. The summed E-state index contributed by atoms with van der Waals surface area (Å²) in [5, 5.41) is 2.83. The van der Waals surface area contributed by atoms with E-state index in [0.717, 1.165) is 17.1 Å². The van der Waals surface area contributed by atoms with Gasteiger partial charge in [0.15, 0.2) is 0 Å². The van der Waals surface area contributed by atoms with Crippen LogP contribution in [0.5, 0.6) is 0 Å². The minimum absolute atomic E-state index is 0. The minimum atomic E-state index is -0.177. The van der Waals surface area contributed by atoms with Gasteiger partial charge in [-0.15, -0.1) is 23.7 Å². The van der Waals surface area contributed by atoms with Gasteiger partial charge in [0.25, 0.3) is 11.5 Å². The number of benzene rings is 1. The highest BCUT2D eigenvalue weighted by molar-refractivity contribution is 7.17. The van der Waals surface area contributed by atoms with Crippen molar-refractivity contribution in [2.24, 2.45) is 0 Å². The number of nitrogens with one attached hydrogen (secondary N) is 1. The van der Waals surface area contributed by atoms with Crippen molar-refractivity contribution < 1.29 is 4.79 Å². The summed E-state index contributed by atoms with van der Waals surface area (Å²) in [6.07, 6.45) is 5.27. The monoisotopic (exact) mass is 446 g/mol.